The van der Waals surface area contributed by atoms with Crippen LogP contribution in [0.5, 0.6) is 0 Å². The molecule has 6 nitrogen and oxygen atoms in total. The Morgan fingerprint density at radius 3 is 3.17 bits per heavy atom. The van der Waals surface area contributed by atoms with Gasteiger partial charge in [-0.25, -0.2) is 0 Å². The summed E-state index contributed by atoms with van der Waals surface area (Å²) in [5.41, 5.74) is 5.94. The summed E-state index contributed by atoms with van der Waals surface area (Å²) in [6.45, 7) is 2.32. The second-order valence-electron chi connectivity index (χ2n) is 5.23. The maximum atomic E-state index is 12.0. The number of nitrogens with two attached hydrogens (primary N) is 1. The van der Waals surface area contributed by atoms with Crippen molar-refractivity contribution in [2.24, 2.45) is 0 Å². The highest BCUT2D eigenvalue weighted by Crippen LogP contribution is 2.26. The van der Waals surface area contributed by atoms with Gasteiger partial charge in [-0.05, 0) is 32.2 Å². The summed E-state index contributed by atoms with van der Waals surface area (Å²) < 4.78 is 0. The largest absolute Gasteiger partial charge is 0.382 e. The van der Waals surface area contributed by atoms with E-state index in [1.807, 2.05) is 0 Å². The van der Waals surface area contributed by atoms with Crippen LogP contribution in [-0.4, -0.2) is 46.2 Å². The fraction of sp³-hybridized carbons (Fsp3) is 0.667. The van der Waals surface area contributed by atoms with Crippen LogP contribution in [-0.2, 0) is 0 Å². The molecule has 2 aliphatic heterocycles. The van der Waals surface area contributed by atoms with Gasteiger partial charge in [-0.2, -0.15) is 5.10 Å². The van der Waals surface area contributed by atoms with E-state index in [0.717, 1.165) is 19.4 Å². The van der Waals surface area contributed by atoms with E-state index in [1.165, 1.54) is 19.4 Å². The van der Waals surface area contributed by atoms with Crippen LogP contribution in [0.25, 0.3) is 0 Å². The molecule has 3 rings (SSSR count). The van der Waals surface area contributed by atoms with Crippen LogP contribution in [0.3, 0.4) is 0 Å². The molecular weight excluding hydrogens is 230 g/mol. The first-order valence-electron chi connectivity index (χ1n) is 6.58. The molecule has 0 bridgehead atoms. The van der Waals surface area contributed by atoms with Gasteiger partial charge in [0.2, 0.25) is 0 Å². The smallest absolute Gasteiger partial charge is 0.269 e. The number of hydrogen-bond acceptors (Lipinski definition) is 4. The average molecular weight is 249 g/mol. The van der Waals surface area contributed by atoms with Crippen molar-refractivity contribution in [3.05, 3.63) is 11.8 Å². The zero-order chi connectivity index (χ0) is 12.5. The van der Waals surface area contributed by atoms with Gasteiger partial charge in [0.05, 0.1) is 0 Å². The maximum Gasteiger partial charge on any atom is 0.269 e. The lowest BCUT2D eigenvalue weighted by Gasteiger charge is -2.35. The molecule has 18 heavy (non-hydrogen) atoms. The standard InChI is InChI=1S/C12H19N5O/c13-11-7-10(15-16-11)12(18)14-8-3-5-17-4-1-2-9(17)6-8/h7-9H,1-6H2,(H,14,18)(H3,13,15,16). The van der Waals surface area contributed by atoms with Gasteiger partial charge in [-0.15, -0.1) is 0 Å². The van der Waals surface area contributed by atoms with Crippen LogP contribution >= 0.6 is 0 Å². The topological polar surface area (TPSA) is 87.0 Å². The Hall–Kier alpha value is -1.56. The van der Waals surface area contributed by atoms with E-state index >= 15 is 0 Å². The van der Waals surface area contributed by atoms with Crippen LogP contribution < -0.4 is 11.1 Å². The molecular formula is C12H19N5O. The molecule has 0 saturated carbocycles. The first-order valence-corrected chi connectivity index (χ1v) is 6.58. The second-order valence-corrected chi connectivity index (χ2v) is 5.23. The van der Waals surface area contributed by atoms with Crippen molar-refractivity contribution in [1.29, 1.82) is 0 Å². The van der Waals surface area contributed by atoms with E-state index in [-0.39, 0.29) is 11.9 Å². The molecule has 0 aromatic carbocycles. The van der Waals surface area contributed by atoms with Gasteiger partial charge in [-0.1, -0.05) is 0 Å². The normalized spacial score (nSPS) is 28.0. The molecule has 0 spiro atoms. The predicted molar refractivity (Wildman–Crippen MR) is 68.1 cm³/mol. The first kappa shape index (κ1) is 11.5. The highest BCUT2D eigenvalue weighted by molar-refractivity contribution is 5.93. The van der Waals surface area contributed by atoms with Crippen molar-refractivity contribution in [2.75, 3.05) is 18.8 Å². The Morgan fingerprint density at radius 2 is 2.39 bits per heavy atom. The number of hydrogen-bond donors (Lipinski definition) is 3. The monoisotopic (exact) mass is 249 g/mol. The summed E-state index contributed by atoms with van der Waals surface area (Å²) >= 11 is 0. The van der Waals surface area contributed by atoms with Crippen LogP contribution in [0, 0.1) is 0 Å². The maximum absolute atomic E-state index is 12.0. The van der Waals surface area contributed by atoms with Gasteiger partial charge < -0.3 is 16.0 Å². The number of carbonyl (C=O) groups is 1. The fourth-order valence-electron chi connectivity index (χ4n) is 3.07. The summed E-state index contributed by atoms with van der Waals surface area (Å²) in [4.78, 5) is 14.5. The number of fused-ring (bicyclic) bond motifs is 1. The minimum atomic E-state index is -0.101. The van der Waals surface area contributed by atoms with E-state index in [0.29, 0.717) is 17.6 Å². The van der Waals surface area contributed by atoms with E-state index < -0.39 is 0 Å². The molecule has 1 aromatic heterocycles. The van der Waals surface area contributed by atoms with Crippen molar-refractivity contribution in [1.82, 2.24) is 20.4 Å². The molecule has 0 aliphatic carbocycles. The van der Waals surface area contributed by atoms with E-state index in [9.17, 15) is 4.79 Å². The Morgan fingerprint density at radius 1 is 1.50 bits per heavy atom. The number of piperidine rings is 1. The molecule has 1 amide bonds. The number of amides is 1. The number of nitrogen functional groups attached to an aromatic ring is 1. The Bertz CT molecular complexity index is 443. The molecule has 1 aromatic rings. The number of aromatic nitrogens is 2. The third kappa shape index (κ3) is 2.20. The molecule has 98 valence electrons. The van der Waals surface area contributed by atoms with Crippen molar-refractivity contribution in [3.63, 3.8) is 0 Å². The summed E-state index contributed by atoms with van der Waals surface area (Å²) in [5.74, 6) is 0.251. The number of nitrogens with zero attached hydrogens (tertiary/aromatic N) is 2. The zero-order valence-corrected chi connectivity index (χ0v) is 10.4. The quantitative estimate of drug-likeness (QED) is 0.705. The lowest BCUT2D eigenvalue weighted by molar-refractivity contribution is 0.0891. The third-order valence-corrected chi connectivity index (χ3v) is 4.00. The first-order chi connectivity index (χ1) is 8.72. The number of aromatic amines is 1. The van der Waals surface area contributed by atoms with Crippen molar-refractivity contribution < 1.29 is 4.79 Å². The number of H-pyrrole nitrogens is 1. The molecule has 2 unspecified atom stereocenters. The van der Waals surface area contributed by atoms with Crippen LogP contribution in [0.15, 0.2) is 6.07 Å². The van der Waals surface area contributed by atoms with E-state index in [4.69, 9.17) is 5.73 Å². The van der Waals surface area contributed by atoms with Gasteiger partial charge in [0, 0.05) is 24.7 Å². The molecule has 6 heteroatoms. The summed E-state index contributed by atoms with van der Waals surface area (Å²) in [5, 5.41) is 9.48. The van der Waals surface area contributed by atoms with Crippen LogP contribution in [0.1, 0.15) is 36.2 Å². The van der Waals surface area contributed by atoms with Crippen LogP contribution in [0.4, 0.5) is 5.82 Å². The summed E-state index contributed by atoms with van der Waals surface area (Å²) in [6, 6.07) is 2.51. The molecule has 3 heterocycles. The van der Waals surface area contributed by atoms with Gasteiger partial charge in [0.25, 0.3) is 5.91 Å². The number of carbonyl (C=O) groups excluding carboxylic acids is 1. The number of rotatable bonds is 2. The SMILES string of the molecule is Nc1cc(C(=O)NC2CCN3CCCC3C2)[nH]n1. The number of anilines is 1. The second kappa shape index (κ2) is 4.61. The molecule has 2 aliphatic rings. The van der Waals surface area contributed by atoms with Crippen molar-refractivity contribution >= 4 is 11.7 Å². The Labute approximate surface area is 106 Å². The van der Waals surface area contributed by atoms with Crippen molar-refractivity contribution in [2.45, 2.75) is 37.8 Å². The highest BCUT2D eigenvalue weighted by Gasteiger charge is 2.32. The van der Waals surface area contributed by atoms with Gasteiger partial charge >= 0.3 is 0 Å². The van der Waals surface area contributed by atoms with Gasteiger partial charge in [0.1, 0.15) is 11.5 Å². The van der Waals surface area contributed by atoms with E-state index in [2.05, 4.69) is 20.4 Å². The van der Waals surface area contributed by atoms with Crippen molar-refractivity contribution in [3.8, 4) is 0 Å². The highest BCUT2D eigenvalue weighted by atomic mass is 16.2. The molecule has 0 radical (unpaired) electrons. The van der Waals surface area contributed by atoms with Gasteiger partial charge in [0.15, 0.2) is 0 Å². The fourth-order valence-corrected chi connectivity index (χ4v) is 3.07. The Kier molecular flexibility index (Phi) is 2.95. The molecule has 2 saturated heterocycles. The van der Waals surface area contributed by atoms with Crippen LogP contribution in [0.2, 0.25) is 0 Å². The number of nitrogens with one attached hydrogen (secondary N) is 2. The van der Waals surface area contributed by atoms with Gasteiger partial charge in [-0.3, -0.25) is 9.89 Å². The lowest BCUT2D eigenvalue weighted by Crippen LogP contribution is -2.47. The van der Waals surface area contributed by atoms with E-state index in [1.54, 1.807) is 6.07 Å². The molecule has 2 fully saturated rings. The minimum absolute atomic E-state index is 0.101. The summed E-state index contributed by atoms with van der Waals surface area (Å²) in [6.07, 6.45) is 4.66. The zero-order valence-electron chi connectivity index (χ0n) is 10.4. The predicted octanol–water partition coefficient (Wildman–Crippen LogP) is 0.348. The minimum Gasteiger partial charge on any atom is -0.382 e. The molecule has 2 atom stereocenters. The average Bonchev–Trinajstić information content (AvgIpc) is 2.96. The lowest BCUT2D eigenvalue weighted by atomic mass is 9.97. The third-order valence-electron chi connectivity index (χ3n) is 4.00. The summed E-state index contributed by atoms with van der Waals surface area (Å²) in [7, 11) is 0. The Balaban J connectivity index is 1.58. The molecule has 4 N–H and O–H groups in total.